The van der Waals surface area contributed by atoms with Gasteiger partial charge in [0.15, 0.2) is 0 Å². The molecule has 0 bridgehead atoms. The molecule has 0 radical (unpaired) electrons. The molecule has 0 unspecified atom stereocenters. The van der Waals surface area contributed by atoms with Crippen LogP contribution in [-0.2, 0) is 17.8 Å². The lowest BCUT2D eigenvalue weighted by molar-refractivity contribution is -0.130. The molecule has 1 aromatic heterocycles. The first-order valence-corrected chi connectivity index (χ1v) is 9.54. The first-order valence-electron chi connectivity index (χ1n) is 9.54. The van der Waals surface area contributed by atoms with E-state index in [9.17, 15) is 4.79 Å². The Hall–Kier alpha value is -1.92. The van der Waals surface area contributed by atoms with Crippen molar-refractivity contribution in [3.8, 4) is 0 Å². The predicted molar refractivity (Wildman–Crippen MR) is 105 cm³/mol. The summed E-state index contributed by atoms with van der Waals surface area (Å²) in [6, 6.07) is 8.82. The van der Waals surface area contributed by atoms with E-state index in [0.29, 0.717) is 6.04 Å². The Kier molecular flexibility index (Phi) is 5.94. The molecule has 0 saturated carbocycles. The number of hydrogen-bond acceptors (Lipinski definition) is 4. The topological polar surface area (TPSA) is 44.6 Å². The number of fused-ring (bicyclic) bond motifs is 1. The molecule has 0 aliphatic carbocycles. The number of rotatable bonds is 6. The SMILES string of the molecule is CC(=O)N1CCN([C@@H](C)Cc2nc3ccccc3n2CCN(C)C)CC1. The van der Waals surface area contributed by atoms with Crippen LogP contribution < -0.4 is 0 Å². The van der Waals surface area contributed by atoms with Crippen LogP contribution in [0.25, 0.3) is 11.0 Å². The molecule has 2 aromatic rings. The number of nitrogens with zero attached hydrogens (tertiary/aromatic N) is 5. The first-order chi connectivity index (χ1) is 12.5. The van der Waals surface area contributed by atoms with E-state index in [1.54, 1.807) is 6.92 Å². The number of likely N-dealkylation sites (N-methyl/N-ethyl adjacent to an activating group) is 1. The summed E-state index contributed by atoms with van der Waals surface area (Å²) in [5, 5.41) is 0. The normalized spacial score (nSPS) is 17.2. The maximum absolute atomic E-state index is 11.5. The van der Waals surface area contributed by atoms with Crippen molar-refractivity contribution in [2.45, 2.75) is 32.9 Å². The average molecular weight is 358 g/mol. The highest BCUT2D eigenvalue weighted by atomic mass is 16.2. The second-order valence-electron chi connectivity index (χ2n) is 7.57. The molecule has 142 valence electrons. The summed E-state index contributed by atoms with van der Waals surface area (Å²) in [5.74, 6) is 1.34. The van der Waals surface area contributed by atoms with E-state index >= 15 is 0 Å². The second-order valence-corrected chi connectivity index (χ2v) is 7.57. The number of para-hydroxylation sites is 2. The van der Waals surface area contributed by atoms with Crippen LogP contribution in [0.3, 0.4) is 0 Å². The highest BCUT2D eigenvalue weighted by Gasteiger charge is 2.24. The number of piperazine rings is 1. The lowest BCUT2D eigenvalue weighted by Gasteiger charge is -2.37. The van der Waals surface area contributed by atoms with Gasteiger partial charge in [0.1, 0.15) is 5.82 Å². The second kappa shape index (κ2) is 8.18. The lowest BCUT2D eigenvalue weighted by atomic mass is 10.1. The van der Waals surface area contributed by atoms with Crippen LogP contribution in [0, 0.1) is 0 Å². The van der Waals surface area contributed by atoms with Gasteiger partial charge in [-0.3, -0.25) is 9.69 Å². The molecule has 1 atom stereocenters. The van der Waals surface area contributed by atoms with Crippen LogP contribution in [0.15, 0.2) is 24.3 Å². The Bertz CT molecular complexity index is 746. The molecule has 26 heavy (non-hydrogen) atoms. The Morgan fingerprint density at radius 2 is 1.88 bits per heavy atom. The van der Waals surface area contributed by atoms with E-state index in [-0.39, 0.29) is 5.91 Å². The van der Waals surface area contributed by atoms with Crippen molar-refractivity contribution in [3.05, 3.63) is 30.1 Å². The molecule has 6 heteroatoms. The van der Waals surface area contributed by atoms with Crippen LogP contribution in [0.1, 0.15) is 19.7 Å². The molecule has 1 amide bonds. The van der Waals surface area contributed by atoms with Crippen molar-refractivity contribution in [1.82, 2.24) is 24.3 Å². The summed E-state index contributed by atoms with van der Waals surface area (Å²) in [7, 11) is 4.21. The standard InChI is InChI=1S/C20H31N5O/c1-16(23-10-12-24(13-11-23)17(2)26)15-20-21-18-7-5-6-8-19(18)25(20)14-9-22(3)4/h5-8,16H,9-15H2,1-4H3/t16-/m0/s1. The van der Waals surface area contributed by atoms with Crippen molar-refractivity contribution in [1.29, 1.82) is 0 Å². The quantitative estimate of drug-likeness (QED) is 0.789. The zero-order chi connectivity index (χ0) is 18.7. The largest absolute Gasteiger partial charge is 0.340 e. The van der Waals surface area contributed by atoms with Crippen molar-refractivity contribution >= 4 is 16.9 Å². The van der Waals surface area contributed by atoms with E-state index < -0.39 is 0 Å². The van der Waals surface area contributed by atoms with Gasteiger partial charge in [-0.05, 0) is 33.2 Å². The fourth-order valence-corrected chi connectivity index (χ4v) is 3.70. The molecule has 1 saturated heterocycles. The van der Waals surface area contributed by atoms with Crippen molar-refractivity contribution in [3.63, 3.8) is 0 Å². The lowest BCUT2D eigenvalue weighted by Crippen LogP contribution is -2.51. The van der Waals surface area contributed by atoms with Gasteiger partial charge in [0.05, 0.1) is 11.0 Å². The van der Waals surface area contributed by atoms with Crippen LogP contribution in [-0.4, -0.2) is 83.0 Å². The molecular formula is C20H31N5O. The summed E-state index contributed by atoms with van der Waals surface area (Å²) >= 11 is 0. The van der Waals surface area contributed by atoms with Gasteiger partial charge in [-0.15, -0.1) is 0 Å². The molecule has 1 aromatic carbocycles. The van der Waals surface area contributed by atoms with E-state index in [0.717, 1.165) is 57.0 Å². The maximum Gasteiger partial charge on any atom is 0.219 e. The number of aromatic nitrogens is 2. The third-order valence-electron chi connectivity index (χ3n) is 5.37. The number of carbonyl (C=O) groups excluding carboxylic acids is 1. The monoisotopic (exact) mass is 357 g/mol. The first kappa shape index (κ1) is 18.9. The summed E-state index contributed by atoms with van der Waals surface area (Å²) < 4.78 is 2.37. The van der Waals surface area contributed by atoms with Gasteiger partial charge >= 0.3 is 0 Å². The highest BCUT2D eigenvalue weighted by molar-refractivity contribution is 5.76. The third-order valence-corrected chi connectivity index (χ3v) is 5.37. The minimum Gasteiger partial charge on any atom is -0.340 e. The van der Waals surface area contributed by atoms with Gasteiger partial charge < -0.3 is 14.4 Å². The van der Waals surface area contributed by atoms with Crippen LogP contribution >= 0.6 is 0 Å². The Morgan fingerprint density at radius 3 is 2.54 bits per heavy atom. The van der Waals surface area contributed by atoms with Gasteiger partial charge in [0, 0.05) is 58.7 Å². The predicted octanol–water partition coefficient (Wildman–Crippen LogP) is 1.69. The Balaban J connectivity index is 1.73. The van der Waals surface area contributed by atoms with E-state index in [2.05, 4.69) is 59.7 Å². The fourth-order valence-electron chi connectivity index (χ4n) is 3.70. The zero-order valence-electron chi connectivity index (χ0n) is 16.5. The number of carbonyl (C=O) groups is 1. The zero-order valence-corrected chi connectivity index (χ0v) is 16.5. The molecule has 1 aliphatic heterocycles. The number of benzene rings is 1. The molecule has 0 spiro atoms. The fraction of sp³-hybridized carbons (Fsp3) is 0.600. The maximum atomic E-state index is 11.5. The van der Waals surface area contributed by atoms with Crippen molar-refractivity contribution in [2.75, 3.05) is 46.8 Å². The van der Waals surface area contributed by atoms with Gasteiger partial charge in [0.25, 0.3) is 0 Å². The molecule has 2 heterocycles. The highest BCUT2D eigenvalue weighted by Crippen LogP contribution is 2.19. The van der Waals surface area contributed by atoms with Crippen LogP contribution in [0.4, 0.5) is 0 Å². The molecular weight excluding hydrogens is 326 g/mol. The summed E-state index contributed by atoms with van der Waals surface area (Å²) in [5.41, 5.74) is 2.30. The summed E-state index contributed by atoms with van der Waals surface area (Å²) in [4.78, 5) is 23.1. The smallest absolute Gasteiger partial charge is 0.219 e. The minimum atomic E-state index is 0.183. The van der Waals surface area contributed by atoms with E-state index in [1.165, 1.54) is 5.52 Å². The molecule has 1 aliphatic rings. The van der Waals surface area contributed by atoms with Gasteiger partial charge in [-0.1, -0.05) is 12.1 Å². The van der Waals surface area contributed by atoms with Gasteiger partial charge in [0.2, 0.25) is 5.91 Å². The Morgan fingerprint density at radius 1 is 1.19 bits per heavy atom. The molecule has 0 N–H and O–H groups in total. The molecule has 3 rings (SSSR count). The number of imidazole rings is 1. The minimum absolute atomic E-state index is 0.183. The van der Waals surface area contributed by atoms with E-state index in [1.807, 2.05) is 4.90 Å². The third kappa shape index (κ3) is 4.24. The van der Waals surface area contributed by atoms with Crippen molar-refractivity contribution in [2.24, 2.45) is 0 Å². The number of amides is 1. The summed E-state index contributed by atoms with van der Waals surface area (Å²) in [6.45, 7) is 9.43. The van der Waals surface area contributed by atoms with Crippen LogP contribution in [0.2, 0.25) is 0 Å². The molecule has 6 nitrogen and oxygen atoms in total. The van der Waals surface area contributed by atoms with Gasteiger partial charge in [-0.2, -0.15) is 0 Å². The molecule has 1 fully saturated rings. The van der Waals surface area contributed by atoms with E-state index in [4.69, 9.17) is 4.98 Å². The Labute approximate surface area is 156 Å². The summed E-state index contributed by atoms with van der Waals surface area (Å²) in [6.07, 6.45) is 0.933. The van der Waals surface area contributed by atoms with Crippen LogP contribution in [0.5, 0.6) is 0 Å². The van der Waals surface area contributed by atoms with Gasteiger partial charge in [-0.25, -0.2) is 4.98 Å². The van der Waals surface area contributed by atoms with Crippen molar-refractivity contribution < 1.29 is 4.79 Å². The average Bonchev–Trinajstić information content (AvgIpc) is 2.97. The number of hydrogen-bond donors (Lipinski definition) is 0.